The summed E-state index contributed by atoms with van der Waals surface area (Å²) in [4.78, 5) is 32.1. The lowest BCUT2D eigenvalue weighted by Crippen LogP contribution is -2.28. The van der Waals surface area contributed by atoms with Crippen molar-refractivity contribution in [1.29, 1.82) is 0 Å². The van der Waals surface area contributed by atoms with E-state index in [9.17, 15) is 0 Å². The summed E-state index contributed by atoms with van der Waals surface area (Å²) in [6.07, 6.45) is 12.8. The molecule has 0 aliphatic carbocycles. The Morgan fingerprint density at radius 1 is 0.592 bits per heavy atom. The summed E-state index contributed by atoms with van der Waals surface area (Å²) in [6.45, 7) is 1.86. The third-order valence-corrected chi connectivity index (χ3v) is 8.21. The Bertz CT molecular complexity index is 2460. The van der Waals surface area contributed by atoms with Gasteiger partial charge in [-0.25, -0.2) is 29.9 Å². The molecule has 6 aromatic heterocycles. The summed E-state index contributed by atoms with van der Waals surface area (Å²) in [5.41, 5.74) is 6.59. The number of aromatic nitrogens is 13. The van der Waals surface area contributed by atoms with E-state index in [0.29, 0.717) is 73.6 Å². The van der Waals surface area contributed by atoms with Crippen LogP contribution in [-0.4, -0.2) is 70.6 Å². The molecule has 9 rings (SSSR count). The average molecular weight is 657 g/mol. The van der Waals surface area contributed by atoms with E-state index < -0.39 is 0 Å². The minimum Gasteiger partial charge on any atom is -0.261 e. The van der Waals surface area contributed by atoms with E-state index in [1.807, 2.05) is 48.3 Å². The molecule has 49 heavy (non-hydrogen) atoms. The molecule has 1 radical (unpaired) electrons. The van der Waals surface area contributed by atoms with Gasteiger partial charge in [0, 0.05) is 75.1 Å². The van der Waals surface area contributed by atoms with E-state index >= 15 is 0 Å². The first kappa shape index (κ1) is 28.3. The summed E-state index contributed by atoms with van der Waals surface area (Å²) in [5, 5.41) is 31.8. The molecule has 0 saturated heterocycles. The van der Waals surface area contributed by atoms with E-state index in [0.717, 1.165) is 10.9 Å². The van der Waals surface area contributed by atoms with Crippen LogP contribution in [0.1, 0.15) is 16.8 Å². The monoisotopic (exact) mass is 656 g/mol. The van der Waals surface area contributed by atoms with Gasteiger partial charge in [-0.2, -0.15) is 10.2 Å². The number of anilines is 1. The highest BCUT2D eigenvalue weighted by molar-refractivity contribution is 7.03. The Labute approximate surface area is 280 Å². The van der Waals surface area contributed by atoms with Crippen LogP contribution in [0.2, 0.25) is 0 Å². The molecule has 231 valence electrons. The molecule has 0 N–H and O–H groups in total. The highest BCUT2D eigenvalue weighted by Gasteiger charge is 2.37. The van der Waals surface area contributed by atoms with Gasteiger partial charge in [-0.15, -0.1) is 20.4 Å². The van der Waals surface area contributed by atoms with Crippen LogP contribution in [0.25, 0.3) is 56.2 Å². The summed E-state index contributed by atoms with van der Waals surface area (Å²) in [5.74, 6) is 1.25. The summed E-state index contributed by atoms with van der Waals surface area (Å²) in [7, 11) is 0. The van der Waals surface area contributed by atoms with Crippen molar-refractivity contribution >= 4 is 34.0 Å². The fourth-order valence-corrected chi connectivity index (χ4v) is 6.18. The maximum atomic E-state index is 5.13. The molecule has 0 fully saturated rings. The second-order valence-corrected chi connectivity index (χ2v) is 11.1. The molecule has 0 saturated carbocycles. The normalized spacial score (nSPS) is 12.5. The fourth-order valence-electron chi connectivity index (χ4n) is 5.73. The van der Waals surface area contributed by atoms with Crippen molar-refractivity contribution in [2.24, 2.45) is 5.10 Å². The highest BCUT2D eigenvalue weighted by atomic mass is 32.1. The van der Waals surface area contributed by atoms with Gasteiger partial charge in [0.1, 0.15) is 36.3 Å². The van der Waals surface area contributed by atoms with Gasteiger partial charge in [0.15, 0.2) is 17.5 Å². The fraction of sp³-hybridized carbons (Fsp3) is 0. The Balaban J connectivity index is 1.49. The van der Waals surface area contributed by atoms with Gasteiger partial charge in [-0.3, -0.25) is 9.97 Å². The Hall–Kier alpha value is -6.94. The van der Waals surface area contributed by atoms with Gasteiger partial charge in [0.25, 0.3) is 0 Å². The van der Waals surface area contributed by atoms with Gasteiger partial charge >= 0.3 is 0 Å². The van der Waals surface area contributed by atoms with Gasteiger partial charge in [-0.1, -0.05) is 22.7 Å². The van der Waals surface area contributed by atoms with Crippen LogP contribution < -0.4 is 5.01 Å². The minimum absolute atomic E-state index is 0.364. The highest BCUT2D eigenvalue weighted by Crippen LogP contribution is 2.50. The van der Waals surface area contributed by atoms with Crippen LogP contribution >= 0.6 is 11.5 Å². The molecule has 15 nitrogen and oxygen atoms in total. The summed E-state index contributed by atoms with van der Waals surface area (Å²) >= 11 is 1.21. The third kappa shape index (κ3) is 4.99. The number of hydrogen-bond acceptors (Lipinski definition) is 16. The topological polar surface area (TPSA) is 183 Å². The number of benzene rings is 2. The zero-order valence-electron chi connectivity index (χ0n) is 25.0. The smallest absolute Gasteiger partial charge is 0.172 e. The van der Waals surface area contributed by atoms with E-state index in [1.54, 1.807) is 54.3 Å². The van der Waals surface area contributed by atoms with Crippen LogP contribution in [0.15, 0.2) is 109 Å². The molecular weight excluding hydrogens is 639 g/mol. The van der Waals surface area contributed by atoms with Crippen molar-refractivity contribution in [3.05, 3.63) is 127 Å². The maximum absolute atomic E-state index is 5.13. The van der Waals surface area contributed by atoms with Crippen LogP contribution in [0.3, 0.4) is 0 Å². The molecular formula is C33H18N15S. The first-order valence-electron chi connectivity index (χ1n) is 14.7. The van der Waals surface area contributed by atoms with E-state index in [-0.39, 0.29) is 0 Å². The molecule has 16 heteroatoms. The first-order valence-corrected chi connectivity index (χ1v) is 15.6. The van der Waals surface area contributed by atoms with Crippen LogP contribution in [0.5, 0.6) is 0 Å². The van der Waals surface area contributed by atoms with Crippen molar-refractivity contribution in [3.8, 4) is 45.3 Å². The molecule has 8 aromatic rings. The Morgan fingerprint density at radius 2 is 1.45 bits per heavy atom. The van der Waals surface area contributed by atoms with Gasteiger partial charge in [0.2, 0.25) is 0 Å². The predicted octanol–water partition coefficient (Wildman–Crippen LogP) is 4.49. The van der Waals surface area contributed by atoms with Crippen LogP contribution in [0.4, 0.5) is 5.82 Å². The summed E-state index contributed by atoms with van der Waals surface area (Å²) in [6, 6.07) is 15.1. The third-order valence-electron chi connectivity index (χ3n) is 7.71. The second kappa shape index (κ2) is 12.0. The zero-order valence-corrected chi connectivity index (χ0v) is 25.8. The lowest BCUT2D eigenvalue weighted by Gasteiger charge is -2.31. The Kier molecular flexibility index (Phi) is 6.94. The van der Waals surface area contributed by atoms with Crippen molar-refractivity contribution < 1.29 is 0 Å². The van der Waals surface area contributed by atoms with E-state index in [2.05, 4.69) is 49.9 Å². The molecule has 7 heterocycles. The predicted molar refractivity (Wildman–Crippen MR) is 179 cm³/mol. The Morgan fingerprint density at radius 3 is 2.24 bits per heavy atom. The number of rotatable bonds is 6. The van der Waals surface area contributed by atoms with Crippen molar-refractivity contribution in [2.75, 3.05) is 5.01 Å². The maximum Gasteiger partial charge on any atom is 0.172 e. The number of fused-ring (bicyclic) bond motifs is 2. The molecule has 0 bridgehead atoms. The standard InChI is InChI=1S/C33H18N15S/c1-2-6-21-19(5-1)13-22(43-42-21)31-26-20(15-48(46-31)25-7-3-10-41-45-25)27(32-37-8-4-9-38-32)28(23-14-34-11-12-36-23)29(24-16-49-47-44-24)30(26)33-39-17-35-18-40-33/h1-18H. The van der Waals surface area contributed by atoms with Gasteiger partial charge in [0.05, 0.1) is 17.4 Å². The molecule has 1 aliphatic heterocycles. The quantitative estimate of drug-likeness (QED) is 0.244. The lowest BCUT2D eigenvalue weighted by atomic mass is 9.80. The molecule has 0 unspecified atom stereocenters. The van der Waals surface area contributed by atoms with Gasteiger partial charge < -0.3 is 0 Å². The number of nitrogens with zero attached hydrogens (tertiary/aromatic N) is 15. The largest absolute Gasteiger partial charge is 0.261 e. The second-order valence-electron chi connectivity index (χ2n) is 10.5. The molecule has 0 amide bonds. The number of hydrogen-bond donors (Lipinski definition) is 0. The summed E-state index contributed by atoms with van der Waals surface area (Å²) < 4.78 is 4.23. The van der Waals surface area contributed by atoms with E-state index in [1.165, 1.54) is 24.2 Å². The molecule has 0 spiro atoms. The van der Waals surface area contributed by atoms with Gasteiger partial charge in [-0.05, 0) is 41.9 Å². The van der Waals surface area contributed by atoms with E-state index in [4.69, 9.17) is 20.1 Å². The van der Waals surface area contributed by atoms with Crippen molar-refractivity contribution in [3.63, 3.8) is 0 Å². The van der Waals surface area contributed by atoms with Crippen LogP contribution in [0, 0.1) is 6.54 Å². The minimum atomic E-state index is 0.364. The average Bonchev–Trinajstić information content (AvgIpc) is 3.73. The SMILES string of the molecule is [CH]1c2c(c(-c3ncncn3)c(-c3csnn3)c(-c3cnccn3)c2-c2ncccn2)C(c2cc3ccccc3nn2)=NN1c1cccnn1. The van der Waals surface area contributed by atoms with Crippen molar-refractivity contribution in [1.82, 2.24) is 64.9 Å². The molecule has 1 aliphatic rings. The molecule has 0 atom stereocenters. The lowest BCUT2D eigenvalue weighted by molar-refractivity contribution is 0.903. The first-order chi connectivity index (χ1) is 24.3. The molecule has 2 aromatic carbocycles. The zero-order chi connectivity index (χ0) is 32.6. The van der Waals surface area contributed by atoms with Crippen LogP contribution in [-0.2, 0) is 0 Å². The van der Waals surface area contributed by atoms with Crippen molar-refractivity contribution in [2.45, 2.75) is 0 Å². The number of hydrazone groups is 1.